The van der Waals surface area contributed by atoms with Crippen LogP contribution in [0.15, 0.2) is 23.7 Å². The number of carbonyl (C=O) groups excluding carboxylic acids is 1. The van der Waals surface area contributed by atoms with E-state index < -0.39 is 7.12 Å². The highest BCUT2D eigenvalue weighted by molar-refractivity contribution is 7.09. The molecular formula is C24H32BN5O4S. The number of hydrogen-bond acceptors (Lipinski definition) is 8. The molecule has 2 aliphatic heterocycles. The van der Waals surface area contributed by atoms with Gasteiger partial charge in [-0.1, -0.05) is 0 Å². The highest BCUT2D eigenvalue weighted by atomic mass is 32.1. The van der Waals surface area contributed by atoms with Crippen molar-refractivity contribution in [1.82, 2.24) is 19.7 Å². The molecule has 1 aromatic carbocycles. The molecule has 0 bridgehead atoms. The second-order valence-electron chi connectivity index (χ2n) is 10.5. The van der Waals surface area contributed by atoms with Gasteiger partial charge in [-0.05, 0) is 45.3 Å². The van der Waals surface area contributed by atoms with Crippen LogP contribution in [0.25, 0.3) is 10.9 Å². The van der Waals surface area contributed by atoms with Gasteiger partial charge < -0.3 is 19.4 Å². The lowest BCUT2D eigenvalue weighted by Gasteiger charge is -2.44. The first-order valence-electron chi connectivity index (χ1n) is 12.0. The molecule has 2 saturated heterocycles. The summed E-state index contributed by atoms with van der Waals surface area (Å²) in [5, 5.41) is 11.0. The first-order valence-corrected chi connectivity index (χ1v) is 12.8. The topological polar surface area (TPSA) is 90.7 Å². The van der Waals surface area contributed by atoms with E-state index in [-0.39, 0.29) is 17.1 Å². The van der Waals surface area contributed by atoms with E-state index in [2.05, 4.69) is 48.0 Å². The number of fused-ring (bicyclic) bond motifs is 1. The minimum absolute atomic E-state index is 0.247. The van der Waals surface area contributed by atoms with E-state index in [4.69, 9.17) is 14.0 Å². The van der Waals surface area contributed by atoms with Crippen LogP contribution in [0.1, 0.15) is 49.6 Å². The maximum atomic E-state index is 13.2. The van der Waals surface area contributed by atoms with Crippen molar-refractivity contribution in [3.8, 4) is 0 Å². The van der Waals surface area contributed by atoms with Crippen LogP contribution in [0.2, 0.25) is 0 Å². The third-order valence-corrected chi connectivity index (χ3v) is 7.19. The van der Waals surface area contributed by atoms with Crippen LogP contribution in [0.5, 0.6) is 0 Å². The van der Waals surface area contributed by atoms with Crippen LogP contribution < -0.4 is 10.8 Å². The molecule has 0 spiro atoms. The van der Waals surface area contributed by atoms with E-state index in [1.807, 2.05) is 24.6 Å². The number of carbonyl (C=O) groups is 1. The van der Waals surface area contributed by atoms with Gasteiger partial charge in [0.1, 0.15) is 10.7 Å². The van der Waals surface area contributed by atoms with Gasteiger partial charge in [-0.3, -0.25) is 14.4 Å². The Morgan fingerprint density at radius 3 is 2.60 bits per heavy atom. The second-order valence-corrected chi connectivity index (χ2v) is 11.4. The summed E-state index contributed by atoms with van der Waals surface area (Å²) in [6.45, 7) is 12.3. The zero-order chi connectivity index (χ0) is 24.8. The molecule has 3 aromatic rings. The third kappa shape index (κ3) is 5.44. The Hall–Kier alpha value is -2.31. The van der Waals surface area contributed by atoms with Gasteiger partial charge in [0.25, 0.3) is 5.91 Å². The Bertz CT molecular complexity index is 1220. The number of rotatable bonds is 5. The number of ether oxygens (including phenoxy) is 1. The van der Waals surface area contributed by atoms with Crippen LogP contribution in [0.3, 0.4) is 0 Å². The van der Waals surface area contributed by atoms with Gasteiger partial charge in [0.15, 0.2) is 0 Å². The fraction of sp³-hybridized carbons (Fsp3) is 0.542. The molecule has 1 N–H and O–H groups in total. The molecule has 1 amide bonds. The van der Waals surface area contributed by atoms with Crippen molar-refractivity contribution < 1.29 is 18.8 Å². The van der Waals surface area contributed by atoms with Crippen molar-refractivity contribution in [3.05, 3.63) is 34.4 Å². The monoisotopic (exact) mass is 497 g/mol. The number of benzene rings is 1. The van der Waals surface area contributed by atoms with Crippen molar-refractivity contribution in [1.29, 1.82) is 0 Å². The zero-order valence-electron chi connectivity index (χ0n) is 21.0. The number of morpholine rings is 1. The van der Waals surface area contributed by atoms with Gasteiger partial charge in [0, 0.05) is 37.3 Å². The number of thiazole rings is 1. The first kappa shape index (κ1) is 24.4. The number of aryl methyl sites for hydroxylation is 1. The molecule has 11 heteroatoms. The van der Waals surface area contributed by atoms with Crippen molar-refractivity contribution >= 4 is 46.4 Å². The molecule has 9 nitrogen and oxygen atoms in total. The van der Waals surface area contributed by atoms with Crippen LogP contribution in [-0.2, 0) is 27.6 Å². The fourth-order valence-electron chi connectivity index (χ4n) is 4.98. The highest BCUT2D eigenvalue weighted by Crippen LogP contribution is 2.34. The van der Waals surface area contributed by atoms with E-state index in [0.29, 0.717) is 11.4 Å². The van der Waals surface area contributed by atoms with E-state index in [0.717, 1.165) is 60.6 Å². The molecule has 4 heterocycles. The second kappa shape index (κ2) is 9.29. The molecule has 5 rings (SSSR count). The lowest BCUT2D eigenvalue weighted by molar-refractivity contribution is -0.0716. The SMILES string of the molecule is Cn1ncc2c(NC(=O)c3csc(CN4CCOCC4)n3)cc(B3OC(C)(C)CC(C)(C)O3)cc21. The van der Waals surface area contributed by atoms with E-state index in [1.54, 1.807) is 10.9 Å². The predicted molar refractivity (Wildman–Crippen MR) is 137 cm³/mol. The number of anilines is 1. The molecule has 0 aliphatic carbocycles. The van der Waals surface area contributed by atoms with Crippen LogP contribution in [0, 0.1) is 0 Å². The molecule has 0 radical (unpaired) electrons. The minimum atomic E-state index is -0.553. The van der Waals surface area contributed by atoms with Crippen molar-refractivity contribution in [3.63, 3.8) is 0 Å². The number of amides is 1. The standard InChI is InChI=1S/C24H32BN5O4S/c1-23(2)15-24(3,4)34-25(33-23)16-10-18(17-12-26-29(5)20(17)11-16)28-22(31)19-14-35-21(27-19)13-30-6-8-32-9-7-30/h10-12,14H,6-9,13,15H2,1-5H3,(H,28,31). The van der Waals surface area contributed by atoms with Gasteiger partial charge in [-0.2, -0.15) is 5.10 Å². The Balaban J connectivity index is 1.40. The highest BCUT2D eigenvalue weighted by Gasteiger charge is 2.44. The quantitative estimate of drug-likeness (QED) is 0.543. The molecule has 0 atom stereocenters. The summed E-state index contributed by atoms with van der Waals surface area (Å²) in [5.41, 5.74) is 2.12. The summed E-state index contributed by atoms with van der Waals surface area (Å²) in [7, 11) is 1.33. The predicted octanol–water partition coefficient (Wildman–Crippen LogP) is 2.80. The number of hydrogen-bond donors (Lipinski definition) is 1. The largest absolute Gasteiger partial charge is 0.494 e. The van der Waals surface area contributed by atoms with Crippen LogP contribution in [0.4, 0.5) is 5.69 Å². The summed E-state index contributed by atoms with van der Waals surface area (Å²) in [4.78, 5) is 20.1. The van der Waals surface area contributed by atoms with E-state index in [9.17, 15) is 4.79 Å². The number of nitrogens with zero attached hydrogens (tertiary/aromatic N) is 4. The Kier molecular flexibility index (Phi) is 6.47. The van der Waals surface area contributed by atoms with Crippen LogP contribution >= 0.6 is 11.3 Å². The normalized spacial score (nSPS) is 20.3. The van der Waals surface area contributed by atoms with Gasteiger partial charge in [-0.15, -0.1) is 11.3 Å². The lowest BCUT2D eigenvalue weighted by Crippen LogP contribution is -2.56. The zero-order valence-corrected chi connectivity index (χ0v) is 21.8. The summed E-state index contributed by atoms with van der Waals surface area (Å²) >= 11 is 1.50. The van der Waals surface area contributed by atoms with Crippen molar-refractivity contribution in [2.24, 2.45) is 7.05 Å². The average molecular weight is 497 g/mol. The maximum Gasteiger partial charge on any atom is 0.494 e. The number of nitrogens with one attached hydrogen (secondary N) is 1. The Morgan fingerprint density at radius 1 is 1.17 bits per heavy atom. The molecule has 2 aromatic heterocycles. The van der Waals surface area contributed by atoms with Crippen molar-refractivity contribution in [2.75, 3.05) is 31.6 Å². The minimum Gasteiger partial charge on any atom is -0.402 e. The lowest BCUT2D eigenvalue weighted by atomic mass is 9.72. The van der Waals surface area contributed by atoms with Crippen LogP contribution in [-0.4, -0.2) is 70.2 Å². The van der Waals surface area contributed by atoms with Gasteiger partial charge in [-0.25, -0.2) is 4.98 Å². The molecule has 2 aliphatic rings. The van der Waals surface area contributed by atoms with Gasteiger partial charge in [0.05, 0.1) is 48.4 Å². The van der Waals surface area contributed by atoms with E-state index in [1.165, 1.54) is 11.3 Å². The molecule has 2 fully saturated rings. The molecule has 35 heavy (non-hydrogen) atoms. The summed E-state index contributed by atoms with van der Waals surface area (Å²) < 4.78 is 19.8. The van der Waals surface area contributed by atoms with Gasteiger partial charge in [0.2, 0.25) is 0 Å². The summed E-state index contributed by atoms with van der Waals surface area (Å²) in [6, 6.07) is 3.94. The van der Waals surface area contributed by atoms with Gasteiger partial charge >= 0.3 is 7.12 Å². The molecule has 186 valence electrons. The van der Waals surface area contributed by atoms with E-state index >= 15 is 0 Å². The Labute approximate surface area is 209 Å². The van der Waals surface area contributed by atoms with Crippen molar-refractivity contribution in [2.45, 2.75) is 51.9 Å². The smallest absolute Gasteiger partial charge is 0.402 e. The Morgan fingerprint density at radius 2 is 1.89 bits per heavy atom. The summed E-state index contributed by atoms with van der Waals surface area (Å²) in [5.74, 6) is -0.247. The third-order valence-electron chi connectivity index (χ3n) is 6.36. The maximum absolute atomic E-state index is 13.2. The fourth-order valence-corrected chi connectivity index (χ4v) is 5.80. The molecule has 0 unspecified atom stereocenters. The summed E-state index contributed by atoms with van der Waals surface area (Å²) in [6.07, 6.45) is 2.54. The average Bonchev–Trinajstić information content (AvgIpc) is 3.39. The molecular weight excluding hydrogens is 465 g/mol. The first-order chi connectivity index (χ1) is 16.6. The number of aromatic nitrogens is 3. The molecule has 0 saturated carbocycles.